The number of amides is 2. The van der Waals surface area contributed by atoms with Gasteiger partial charge in [0.2, 0.25) is 5.91 Å². The molecule has 0 radical (unpaired) electrons. The monoisotopic (exact) mass is 345 g/mol. The smallest absolute Gasteiger partial charge is 0.254 e. The van der Waals surface area contributed by atoms with Crippen molar-refractivity contribution in [3.05, 3.63) is 29.8 Å². The van der Waals surface area contributed by atoms with E-state index in [9.17, 15) is 9.59 Å². The van der Waals surface area contributed by atoms with Crippen LogP contribution in [0.15, 0.2) is 24.3 Å². The second kappa shape index (κ2) is 7.87. The molecule has 6 nitrogen and oxygen atoms in total. The zero-order chi connectivity index (χ0) is 17.8. The highest BCUT2D eigenvalue weighted by Gasteiger charge is 2.32. The molecule has 3 rings (SSSR count). The number of piperidine rings is 1. The third-order valence-electron chi connectivity index (χ3n) is 5.23. The van der Waals surface area contributed by atoms with E-state index in [0.29, 0.717) is 24.4 Å². The average Bonchev–Trinajstić information content (AvgIpc) is 3.13. The van der Waals surface area contributed by atoms with Crippen LogP contribution in [0.4, 0.5) is 0 Å². The maximum Gasteiger partial charge on any atom is 0.254 e. The van der Waals surface area contributed by atoms with Crippen LogP contribution in [0.3, 0.4) is 0 Å². The van der Waals surface area contributed by atoms with Crippen molar-refractivity contribution in [2.75, 3.05) is 40.3 Å². The molecule has 2 heterocycles. The summed E-state index contributed by atoms with van der Waals surface area (Å²) in [5.74, 6) is 0.625. The molecule has 2 aliphatic heterocycles. The van der Waals surface area contributed by atoms with Gasteiger partial charge in [0.15, 0.2) is 0 Å². The third kappa shape index (κ3) is 4.31. The molecule has 0 unspecified atom stereocenters. The molecule has 2 aliphatic rings. The molecule has 136 valence electrons. The Morgan fingerprint density at radius 3 is 2.64 bits per heavy atom. The minimum Gasteiger partial charge on any atom is -0.497 e. The number of ether oxygens (including phenoxy) is 1. The van der Waals surface area contributed by atoms with Gasteiger partial charge in [-0.05, 0) is 57.6 Å². The Balaban J connectivity index is 1.53. The number of carbonyl (C=O) groups is 2. The average molecular weight is 345 g/mol. The first kappa shape index (κ1) is 17.7. The van der Waals surface area contributed by atoms with E-state index >= 15 is 0 Å². The van der Waals surface area contributed by atoms with Gasteiger partial charge in [-0.1, -0.05) is 6.07 Å². The summed E-state index contributed by atoms with van der Waals surface area (Å²) in [5.41, 5.74) is 0.607. The van der Waals surface area contributed by atoms with E-state index in [1.165, 1.54) is 0 Å². The van der Waals surface area contributed by atoms with Crippen molar-refractivity contribution < 1.29 is 14.3 Å². The van der Waals surface area contributed by atoms with E-state index in [-0.39, 0.29) is 23.8 Å². The number of hydrogen-bond donors (Lipinski definition) is 1. The van der Waals surface area contributed by atoms with Gasteiger partial charge in [-0.15, -0.1) is 0 Å². The molecule has 1 aromatic rings. The number of methoxy groups -OCH3 is 1. The number of hydrogen-bond acceptors (Lipinski definition) is 4. The quantitative estimate of drug-likeness (QED) is 0.895. The van der Waals surface area contributed by atoms with Crippen molar-refractivity contribution in [2.24, 2.45) is 5.92 Å². The highest BCUT2D eigenvalue weighted by molar-refractivity contribution is 5.95. The van der Waals surface area contributed by atoms with E-state index in [0.717, 1.165) is 32.4 Å². The molecule has 6 heteroatoms. The van der Waals surface area contributed by atoms with Crippen LogP contribution in [0, 0.1) is 5.92 Å². The summed E-state index contributed by atoms with van der Waals surface area (Å²) in [6, 6.07) is 7.43. The molecule has 1 atom stereocenters. The second-order valence-corrected chi connectivity index (χ2v) is 7.05. The maximum atomic E-state index is 12.6. The highest BCUT2D eigenvalue weighted by Crippen LogP contribution is 2.21. The van der Waals surface area contributed by atoms with Crippen LogP contribution in [0.5, 0.6) is 5.75 Å². The lowest BCUT2D eigenvalue weighted by Crippen LogP contribution is -2.45. The van der Waals surface area contributed by atoms with Crippen molar-refractivity contribution in [1.82, 2.24) is 15.1 Å². The largest absolute Gasteiger partial charge is 0.497 e. The van der Waals surface area contributed by atoms with E-state index in [4.69, 9.17) is 4.74 Å². The molecule has 0 bridgehead atoms. The zero-order valence-electron chi connectivity index (χ0n) is 15.0. The van der Waals surface area contributed by atoms with Gasteiger partial charge in [0, 0.05) is 24.7 Å². The topological polar surface area (TPSA) is 61.9 Å². The number of nitrogens with one attached hydrogen (secondary N) is 1. The third-order valence-corrected chi connectivity index (χ3v) is 5.23. The Morgan fingerprint density at radius 1 is 1.16 bits per heavy atom. The van der Waals surface area contributed by atoms with Crippen LogP contribution in [0.25, 0.3) is 0 Å². The summed E-state index contributed by atoms with van der Waals surface area (Å²) < 4.78 is 5.18. The zero-order valence-corrected chi connectivity index (χ0v) is 15.0. The fourth-order valence-electron chi connectivity index (χ4n) is 3.57. The van der Waals surface area contributed by atoms with E-state index in [1.54, 1.807) is 24.1 Å². The second-order valence-electron chi connectivity index (χ2n) is 7.05. The van der Waals surface area contributed by atoms with Crippen molar-refractivity contribution >= 4 is 11.8 Å². The number of benzene rings is 1. The van der Waals surface area contributed by atoms with Gasteiger partial charge >= 0.3 is 0 Å². The van der Waals surface area contributed by atoms with Crippen molar-refractivity contribution in [1.29, 1.82) is 0 Å². The molecule has 2 amide bonds. The first-order valence-corrected chi connectivity index (χ1v) is 8.99. The van der Waals surface area contributed by atoms with Crippen LogP contribution in [0.2, 0.25) is 0 Å². The van der Waals surface area contributed by atoms with E-state index < -0.39 is 0 Å². The molecule has 0 saturated carbocycles. The van der Waals surface area contributed by atoms with Crippen molar-refractivity contribution in [2.45, 2.75) is 25.3 Å². The van der Waals surface area contributed by atoms with Crippen LogP contribution >= 0.6 is 0 Å². The van der Waals surface area contributed by atoms with Crippen molar-refractivity contribution in [3.8, 4) is 5.75 Å². The normalized spacial score (nSPS) is 22.0. The molecule has 0 aliphatic carbocycles. The minimum absolute atomic E-state index is 0.0338. The van der Waals surface area contributed by atoms with Gasteiger partial charge in [-0.2, -0.15) is 0 Å². The predicted molar refractivity (Wildman–Crippen MR) is 95.7 cm³/mol. The molecule has 2 fully saturated rings. The summed E-state index contributed by atoms with van der Waals surface area (Å²) >= 11 is 0. The SMILES string of the molecule is COc1cccc(C(=O)N2CC[C@H](C(=O)NC3CCN(C)CC3)C2)c1. The fraction of sp³-hybridized carbons (Fsp3) is 0.579. The molecule has 25 heavy (non-hydrogen) atoms. The Bertz CT molecular complexity index is 626. The molecular formula is C19H27N3O3. The van der Waals surface area contributed by atoms with Gasteiger partial charge < -0.3 is 19.9 Å². The van der Waals surface area contributed by atoms with Crippen LogP contribution in [0.1, 0.15) is 29.6 Å². The standard InChI is InChI=1S/C19H27N3O3/c1-21-9-7-16(8-10-21)20-18(23)15-6-11-22(13-15)19(24)14-4-3-5-17(12-14)25-2/h3-5,12,15-16H,6-11,13H2,1-2H3,(H,20,23)/t15-/m0/s1. The lowest BCUT2D eigenvalue weighted by molar-refractivity contribution is -0.125. The Kier molecular flexibility index (Phi) is 5.58. The fourth-order valence-corrected chi connectivity index (χ4v) is 3.57. The van der Waals surface area contributed by atoms with Crippen LogP contribution in [-0.4, -0.2) is 68.0 Å². The highest BCUT2D eigenvalue weighted by atomic mass is 16.5. The molecule has 1 aromatic carbocycles. The van der Waals surface area contributed by atoms with Crippen molar-refractivity contribution in [3.63, 3.8) is 0 Å². The summed E-state index contributed by atoms with van der Waals surface area (Å²) in [7, 11) is 3.69. The van der Waals surface area contributed by atoms with E-state index in [2.05, 4.69) is 17.3 Å². The molecule has 0 spiro atoms. The first-order valence-electron chi connectivity index (χ1n) is 8.99. The summed E-state index contributed by atoms with van der Waals surface area (Å²) in [6.45, 7) is 3.17. The Hall–Kier alpha value is -2.08. The Labute approximate surface area is 149 Å². The van der Waals surface area contributed by atoms with E-state index in [1.807, 2.05) is 12.1 Å². The van der Waals surface area contributed by atoms with Crippen LogP contribution in [-0.2, 0) is 4.79 Å². The number of rotatable bonds is 4. The Morgan fingerprint density at radius 2 is 1.92 bits per heavy atom. The lowest BCUT2D eigenvalue weighted by Gasteiger charge is -2.30. The minimum atomic E-state index is -0.103. The molecule has 0 aromatic heterocycles. The molecule has 2 saturated heterocycles. The van der Waals surface area contributed by atoms with Gasteiger partial charge in [-0.3, -0.25) is 9.59 Å². The van der Waals surface area contributed by atoms with Gasteiger partial charge in [0.25, 0.3) is 5.91 Å². The maximum absolute atomic E-state index is 12.6. The lowest BCUT2D eigenvalue weighted by atomic mass is 10.0. The number of nitrogens with zero attached hydrogens (tertiary/aromatic N) is 2. The van der Waals surface area contributed by atoms with Gasteiger partial charge in [-0.25, -0.2) is 0 Å². The number of likely N-dealkylation sites (tertiary alicyclic amines) is 2. The number of carbonyl (C=O) groups excluding carboxylic acids is 2. The van der Waals surface area contributed by atoms with Crippen LogP contribution < -0.4 is 10.1 Å². The van der Waals surface area contributed by atoms with Gasteiger partial charge in [0.1, 0.15) is 5.75 Å². The molecular weight excluding hydrogens is 318 g/mol. The summed E-state index contributed by atoms with van der Waals surface area (Å²) in [5, 5.41) is 3.18. The summed E-state index contributed by atoms with van der Waals surface area (Å²) in [6.07, 6.45) is 2.73. The predicted octanol–water partition coefficient (Wildman–Crippen LogP) is 1.37. The molecule has 1 N–H and O–H groups in total. The summed E-state index contributed by atoms with van der Waals surface area (Å²) in [4.78, 5) is 29.2. The first-order chi connectivity index (χ1) is 12.1. The van der Waals surface area contributed by atoms with Gasteiger partial charge in [0.05, 0.1) is 13.0 Å².